The molecular weight excluding hydrogens is 287 g/mol. The molecule has 0 aliphatic carbocycles. The van der Waals surface area contributed by atoms with Gasteiger partial charge in [0.05, 0.1) is 13.2 Å². The highest BCUT2D eigenvalue weighted by Crippen LogP contribution is 2.23. The fraction of sp³-hybridized carbons (Fsp3) is 0.500. The molecule has 4 nitrogen and oxygen atoms in total. The zero-order chi connectivity index (χ0) is 15.6. The highest BCUT2D eigenvalue weighted by atomic mass is 19.2. The predicted octanol–water partition coefficient (Wildman–Crippen LogP) is 1.60. The highest BCUT2D eigenvalue weighted by molar-refractivity contribution is 5.76. The summed E-state index contributed by atoms with van der Waals surface area (Å²) in [6.07, 6.45) is 0.107. The van der Waals surface area contributed by atoms with Crippen molar-refractivity contribution in [2.24, 2.45) is 0 Å². The van der Waals surface area contributed by atoms with E-state index in [1.807, 2.05) is 0 Å². The third kappa shape index (κ3) is 3.36. The van der Waals surface area contributed by atoms with Crippen molar-refractivity contribution >= 4 is 5.97 Å². The van der Waals surface area contributed by atoms with E-state index in [1.165, 1.54) is 12.0 Å². The first-order valence-electron chi connectivity index (χ1n) is 6.57. The van der Waals surface area contributed by atoms with Crippen LogP contribution in [-0.4, -0.2) is 41.8 Å². The number of ether oxygens (including phenoxy) is 1. The van der Waals surface area contributed by atoms with E-state index in [2.05, 4.69) is 4.74 Å². The number of aliphatic hydroxyl groups excluding tert-OH is 1. The van der Waals surface area contributed by atoms with Crippen LogP contribution in [0.15, 0.2) is 12.1 Å². The molecule has 116 valence electrons. The van der Waals surface area contributed by atoms with Gasteiger partial charge in [0, 0.05) is 18.2 Å². The maximum atomic E-state index is 13.7. The maximum absolute atomic E-state index is 13.7. The first-order chi connectivity index (χ1) is 9.93. The predicted molar refractivity (Wildman–Crippen MR) is 67.8 cm³/mol. The van der Waals surface area contributed by atoms with Gasteiger partial charge in [-0.1, -0.05) is 0 Å². The largest absolute Gasteiger partial charge is 0.468 e. The number of methoxy groups -OCH3 is 1. The summed E-state index contributed by atoms with van der Waals surface area (Å²) in [6, 6.07) is 0.300. The van der Waals surface area contributed by atoms with Crippen molar-refractivity contribution in [3.8, 4) is 0 Å². The van der Waals surface area contributed by atoms with Crippen LogP contribution in [0, 0.1) is 17.5 Å². The number of hydrogen-bond donors (Lipinski definition) is 1. The molecule has 2 atom stereocenters. The number of rotatable bonds is 3. The standard InChI is InChI=1S/C14H16F3NO3/c1-21-14(20)13-12(19)3-2-4-18(13)7-8-5-10(16)11(17)6-9(8)15/h5-6,12-13,19H,2-4,7H2,1H3/t12-,13-/m0/s1. The van der Waals surface area contributed by atoms with Gasteiger partial charge in [-0.2, -0.15) is 0 Å². The normalized spacial score (nSPS) is 23.1. The quantitative estimate of drug-likeness (QED) is 0.681. The van der Waals surface area contributed by atoms with Crippen molar-refractivity contribution in [1.29, 1.82) is 0 Å². The zero-order valence-electron chi connectivity index (χ0n) is 11.5. The van der Waals surface area contributed by atoms with Crippen LogP contribution in [0.4, 0.5) is 13.2 Å². The van der Waals surface area contributed by atoms with E-state index in [-0.39, 0.29) is 12.1 Å². The van der Waals surface area contributed by atoms with E-state index >= 15 is 0 Å². The van der Waals surface area contributed by atoms with Crippen molar-refractivity contribution in [2.45, 2.75) is 31.5 Å². The number of piperidine rings is 1. The van der Waals surface area contributed by atoms with Crippen LogP contribution in [0.3, 0.4) is 0 Å². The van der Waals surface area contributed by atoms with Gasteiger partial charge in [-0.3, -0.25) is 9.69 Å². The molecular formula is C14H16F3NO3. The van der Waals surface area contributed by atoms with Crippen molar-refractivity contribution in [3.05, 3.63) is 35.1 Å². The van der Waals surface area contributed by atoms with E-state index in [1.54, 1.807) is 0 Å². The molecule has 1 heterocycles. The summed E-state index contributed by atoms with van der Waals surface area (Å²) in [5.41, 5.74) is -0.0723. The summed E-state index contributed by atoms with van der Waals surface area (Å²) in [6.45, 7) is 0.315. The maximum Gasteiger partial charge on any atom is 0.325 e. The number of nitrogens with zero attached hydrogens (tertiary/aromatic N) is 1. The Labute approximate surface area is 120 Å². The van der Waals surface area contributed by atoms with Gasteiger partial charge in [0.2, 0.25) is 0 Å². The van der Waals surface area contributed by atoms with Crippen molar-refractivity contribution in [2.75, 3.05) is 13.7 Å². The molecule has 0 spiro atoms. The minimum absolute atomic E-state index is 0.0723. The van der Waals surface area contributed by atoms with Crippen LogP contribution in [0.2, 0.25) is 0 Å². The monoisotopic (exact) mass is 303 g/mol. The molecule has 1 aromatic carbocycles. The molecule has 0 amide bonds. The summed E-state index contributed by atoms with van der Waals surface area (Å²) in [5.74, 6) is -3.94. The molecule has 0 radical (unpaired) electrons. The Hall–Kier alpha value is -1.60. The summed E-state index contributed by atoms with van der Waals surface area (Å²) in [5, 5.41) is 9.92. The Balaban J connectivity index is 2.24. The lowest BCUT2D eigenvalue weighted by atomic mass is 9.98. The molecule has 21 heavy (non-hydrogen) atoms. The number of carbonyl (C=O) groups excluding carboxylic acids is 1. The molecule has 0 unspecified atom stereocenters. The lowest BCUT2D eigenvalue weighted by Gasteiger charge is -2.37. The molecule has 0 aromatic heterocycles. The first-order valence-corrected chi connectivity index (χ1v) is 6.57. The molecule has 1 aromatic rings. The van der Waals surface area contributed by atoms with E-state index in [4.69, 9.17) is 0 Å². The molecule has 0 saturated carbocycles. The molecule has 1 aliphatic heterocycles. The Morgan fingerprint density at radius 3 is 2.67 bits per heavy atom. The molecule has 2 rings (SSSR count). The summed E-state index contributed by atoms with van der Waals surface area (Å²) in [7, 11) is 1.19. The summed E-state index contributed by atoms with van der Waals surface area (Å²) in [4.78, 5) is 13.2. The van der Waals surface area contributed by atoms with Gasteiger partial charge in [0.1, 0.15) is 11.9 Å². The van der Waals surface area contributed by atoms with E-state index in [0.717, 1.165) is 6.07 Å². The summed E-state index contributed by atoms with van der Waals surface area (Å²) >= 11 is 0. The Bertz CT molecular complexity index is 538. The van der Waals surface area contributed by atoms with E-state index < -0.39 is 35.6 Å². The van der Waals surface area contributed by atoms with Crippen LogP contribution < -0.4 is 0 Å². The zero-order valence-corrected chi connectivity index (χ0v) is 11.5. The second-order valence-electron chi connectivity index (χ2n) is 5.01. The van der Waals surface area contributed by atoms with Crippen molar-refractivity contribution < 1.29 is 27.8 Å². The number of carbonyl (C=O) groups is 1. The third-order valence-corrected chi connectivity index (χ3v) is 3.61. The minimum Gasteiger partial charge on any atom is -0.468 e. The first kappa shape index (κ1) is 15.8. The smallest absolute Gasteiger partial charge is 0.325 e. The van der Waals surface area contributed by atoms with Gasteiger partial charge in [0.15, 0.2) is 11.6 Å². The SMILES string of the molecule is COC(=O)[C@@H]1[C@@H](O)CCCN1Cc1cc(F)c(F)cc1F. The number of likely N-dealkylation sites (tertiary alicyclic amines) is 1. The number of aliphatic hydroxyl groups is 1. The number of benzene rings is 1. The lowest BCUT2D eigenvalue weighted by Crippen LogP contribution is -2.52. The number of hydrogen-bond acceptors (Lipinski definition) is 4. The molecule has 7 heteroatoms. The van der Waals surface area contributed by atoms with Gasteiger partial charge < -0.3 is 9.84 Å². The van der Waals surface area contributed by atoms with Crippen LogP contribution in [0.5, 0.6) is 0 Å². The molecule has 0 bridgehead atoms. The Kier molecular flexibility index (Phi) is 4.84. The fourth-order valence-corrected chi connectivity index (χ4v) is 2.55. The van der Waals surface area contributed by atoms with Gasteiger partial charge in [-0.25, -0.2) is 13.2 Å². The topological polar surface area (TPSA) is 49.8 Å². The van der Waals surface area contributed by atoms with Crippen LogP contribution in [0.25, 0.3) is 0 Å². The third-order valence-electron chi connectivity index (χ3n) is 3.61. The van der Waals surface area contributed by atoms with E-state index in [9.17, 15) is 23.1 Å². The molecule has 1 saturated heterocycles. The fourth-order valence-electron chi connectivity index (χ4n) is 2.55. The van der Waals surface area contributed by atoms with Crippen molar-refractivity contribution in [3.63, 3.8) is 0 Å². The van der Waals surface area contributed by atoms with Crippen LogP contribution in [-0.2, 0) is 16.1 Å². The highest BCUT2D eigenvalue weighted by Gasteiger charge is 2.36. The lowest BCUT2D eigenvalue weighted by molar-refractivity contribution is -0.154. The van der Waals surface area contributed by atoms with Gasteiger partial charge in [0.25, 0.3) is 0 Å². The average Bonchev–Trinajstić information content (AvgIpc) is 2.44. The number of esters is 1. The second-order valence-corrected chi connectivity index (χ2v) is 5.01. The van der Waals surface area contributed by atoms with Crippen LogP contribution >= 0.6 is 0 Å². The van der Waals surface area contributed by atoms with Gasteiger partial charge in [-0.05, 0) is 25.5 Å². The molecule has 1 aliphatic rings. The summed E-state index contributed by atoms with van der Waals surface area (Å²) < 4.78 is 44.4. The number of halogens is 3. The van der Waals surface area contributed by atoms with Crippen molar-refractivity contribution in [1.82, 2.24) is 4.90 Å². The minimum atomic E-state index is -1.26. The molecule has 1 fully saturated rings. The second kappa shape index (κ2) is 6.44. The molecule has 1 N–H and O–H groups in total. The Morgan fingerprint density at radius 2 is 2.00 bits per heavy atom. The van der Waals surface area contributed by atoms with Crippen LogP contribution in [0.1, 0.15) is 18.4 Å². The van der Waals surface area contributed by atoms with Gasteiger partial charge >= 0.3 is 5.97 Å². The average molecular weight is 303 g/mol. The Morgan fingerprint density at radius 1 is 1.33 bits per heavy atom. The van der Waals surface area contributed by atoms with Gasteiger partial charge in [-0.15, -0.1) is 0 Å². The van der Waals surface area contributed by atoms with E-state index in [0.29, 0.717) is 25.5 Å².